The lowest BCUT2D eigenvalue weighted by molar-refractivity contribution is 0.0232. The monoisotopic (exact) mass is 299 g/mol. The second-order valence-corrected chi connectivity index (χ2v) is 10.7. The summed E-state index contributed by atoms with van der Waals surface area (Å²) < 4.78 is 6.34. The molecule has 0 radical (unpaired) electrons. The fourth-order valence-corrected chi connectivity index (χ4v) is 8.54. The van der Waals surface area contributed by atoms with Crippen LogP contribution in [0.1, 0.15) is 26.3 Å². The SMILES string of the molecule is C[C@@H]1C[P+](Cc2ccccc2)(c2ccccc2)C(C)(C)O1. The van der Waals surface area contributed by atoms with Crippen LogP contribution in [0, 0.1) is 0 Å². The number of benzene rings is 2. The Bertz CT molecular complexity index is 593. The van der Waals surface area contributed by atoms with Crippen molar-refractivity contribution < 1.29 is 4.74 Å². The fourth-order valence-electron chi connectivity index (χ4n) is 3.66. The molecular weight excluding hydrogens is 275 g/mol. The zero-order valence-electron chi connectivity index (χ0n) is 13.1. The Labute approximate surface area is 128 Å². The van der Waals surface area contributed by atoms with Crippen molar-refractivity contribution in [1.82, 2.24) is 0 Å². The van der Waals surface area contributed by atoms with Gasteiger partial charge in [-0.3, -0.25) is 0 Å². The largest absolute Gasteiger partial charge is 0.335 e. The molecule has 1 nitrogen and oxygen atoms in total. The van der Waals surface area contributed by atoms with Crippen LogP contribution in [0.15, 0.2) is 60.7 Å². The van der Waals surface area contributed by atoms with Crippen LogP contribution >= 0.6 is 7.26 Å². The highest BCUT2D eigenvalue weighted by atomic mass is 31.2. The predicted octanol–water partition coefficient (Wildman–Crippen LogP) is 4.68. The second-order valence-electron chi connectivity index (χ2n) is 6.50. The van der Waals surface area contributed by atoms with Crippen LogP contribution < -0.4 is 5.30 Å². The van der Waals surface area contributed by atoms with Crippen LogP contribution in [0.5, 0.6) is 0 Å². The minimum absolute atomic E-state index is 0.0520. The molecule has 0 saturated carbocycles. The number of ether oxygens (including phenoxy) is 1. The maximum Gasteiger partial charge on any atom is 0.176 e. The van der Waals surface area contributed by atoms with E-state index in [4.69, 9.17) is 4.74 Å². The lowest BCUT2D eigenvalue weighted by Gasteiger charge is -2.33. The summed E-state index contributed by atoms with van der Waals surface area (Å²) in [5, 5.41) is 1.45. The van der Waals surface area contributed by atoms with E-state index in [-0.39, 0.29) is 5.34 Å². The molecule has 1 aliphatic rings. The van der Waals surface area contributed by atoms with Gasteiger partial charge in [-0.15, -0.1) is 0 Å². The van der Waals surface area contributed by atoms with Gasteiger partial charge in [-0.2, -0.15) is 0 Å². The summed E-state index contributed by atoms with van der Waals surface area (Å²) >= 11 is 0. The highest BCUT2D eigenvalue weighted by molar-refractivity contribution is 7.83. The van der Waals surface area contributed by atoms with Crippen LogP contribution in [0.25, 0.3) is 0 Å². The Hall–Kier alpha value is -1.17. The third-order valence-electron chi connectivity index (χ3n) is 4.63. The molecule has 0 bridgehead atoms. The van der Waals surface area contributed by atoms with Crippen molar-refractivity contribution in [3.63, 3.8) is 0 Å². The Morgan fingerprint density at radius 2 is 1.57 bits per heavy atom. The van der Waals surface area contributed by atoms with Gasteiger partial charge in [-0.1, -0.05) is 48.5 Å². The first kappa shape index (κ1) is 14.8. The predicted molar refractivity (Wildman–Crippen MR) is 92.6 cm³/mol. The van der Waals surface area contributed by atoms with Crippen LogP contribution in [0.2, 0.25) is 0 Å². The van der Waals surface area contributed by atoms with Gasteiger partial charge in [0, 0.05) is 13.8 Å². The molecule has 110 valence electrons. The van der Waals surface area contributed by atoms with Gasteiger partial charge in [-0.05, 0) is 24.6 Å². The molecule has 1 fully saturated rings. The van der Waals surface area contributed by atoms with E-state index in [0.717, 1.165) is 6.16 Å². The molecule has 2 aromatic rings. The highest BCUT2D eigenvalue weighted by Crippen LogP contribution is 2.74. The maximum atomic E-state index is 6.34. The molecular formula is C19H24OP+. The fraction of sp³-hybridized carbons (Fsp3) is 0.368. The third-order valence-corrected chi connectivity index (χ3v) is 10.1. The molecule has 0 spiro atoms. The molecule has 0 aliphatic carbocycles. The molecule has 1 saturated heterocycles. The zero-order valence-corrected chi connectivity index (χ0v) is 14.0. The molecule has 21 heavy (non-hydrogen) atoms. The van der Waals surface area contributed by atoms with E-state index >= 15 is 0 Å². The molecule has 2 atom stereocenters. The zero-order chi connectivity index (χ0) is 14.9. The van der Waals surface area contributed by atoms with Gasteiger partial charge in [0.15, 0.2) is 5.34 Å². The van der Waals surface area contributed by atoms with Crippen LogP contribution in [-0.4, -0.2) is 17.6 Å². The molecule has 1 unspecified atom stereocenters. The second kappa shape index (κ2) is 5.55. The van der Waals surface area contributed by atoms with Crippen molar-refractivity contribution in [3.8, 4) is 0 Å². The van der Waals surface area contributed by atoms with E-state index < -0.39 is 7.26 Å². The van der Waals surface area contributed by atoms with E-state index in [1.165, 1.54) is 17.0 Å². The van der Waals surface area contributed by atoms with Gasteiger partial charge in [0.2, 0.25) is 0 Å². The van der Waals surface area contributed by atoms with Crippen molar-refractivity contribution in [3.05, 3.63) is 66.2 Å². The lowest BCUT2D eigenvalue weighted by Crippen LogP contribution is -2.30. The molecule has 2 heteroatoms. The van der Waals surface area contributed by atoms with E-state index in [0.29, 0.717) is 6.10 Å². The molecule has 0 amide bonds. The van der Waals surface area contributed by atoms with Gasteiger partial charge in [-0.25, -0.2) is 0 Å². The minimum Gasteiger partial charge on any atom is -0.335 e. The Balaban J connectivity index is 2.08. The summed E-state index contributed by atoms with van der Waals surface area (Å²) in [7, 11) is -1.40. The van der Waals surface area contributed by atoms with E-state index in [9.17, 15) is 0 Å². The Kier molecular flexibility index (Phi) is 3.90. The first-order valence-electron chi connectivity index (χ1n) is 7.68. The normalized spacial score (nSPS) is 27.7. The average Bonchev–Trinajstić information content (AvgIpc) is 2.70. The van der Waals surface area contributed by atoms with Crippen molar-refractivity contribution in [2.24, 2.45) is 0 Å². The summed E-state index contributed by atoms with van der Waals surface area (Å²) in [5.74, 6) is 0. The first-order chi connectivity index (χ1) is 10.0. The number of hydrogen-bond acceptors (Lipinski definition) is 1. The number of rotatable bonds is 3. The smallest absolute Gasteiger partial charge is 0.176 e. The van der Waals surface area contributed by atoms with Gasteiger partial charge >= 0.3 is 0 Å². The van der Waals surface area contributed by atoms with E-state index in [1.54, 1.807) is 0 Å². The Morgan fingerprint density at radius 1 is 1.00 bits per heavy atom. The Morgan fingerprint density at radius 3 is 2.10 bits per heavy atom. The molecule has 0 aromatic heterocycles. The standard InChI is InChI=1S/C19H24OP/c1-16-14-21(19(2,3)20-16,18-12-8-5-9-13-18)15-17-10-6-4-7-11-17/h4-13,16H,14-15H2,1-3H3/q+1/t16-,21?/m1/s1. The maximum absolute atomic E-state index is 6.34. The lowest BCUT2D eigenvalue weighted by atomic mass is 10.2. The van der Waals surface area contributed by atoms with Gasteiger partial charge in [0.1, 0.15) is 0 Å². The van der Waals surface area contributed by atoms with Crippen molar-refractivity contribution in [2.75, 3.05) is 6.16 Å². The molecule has 2 aromatic carbocycles. The molecule has 0 N–H and O–H groups in total. The van der Waals surface area contributed by atoms with Crippen molar-refractivity contribution in [1.29, 1.82) is 0 Å². The summed E-state index contributed by atoms with van der Waals surface area (Å²) in [6, 6.07) is 21.9. The van der Waals surface area contributed by atoms with Crippen LogP contribution in [-0.2, 0) is 10.9 Å². The topological polar surface area (TPSA) is 9.23 Å². The quantitative estimate of drug-likeness (QED) is 0.747. The molecule has 3 rings (SSSR count). The highest BCUT2D eigenvalue weighted by Gasteiger charge is 2.61. The molecule has 1 heterocycles. The summed E-state index contributed by atoms with van der Waals surface area (Å²) in [5.41, 5.74) is 1.43. The van der Waals surface area contributed by atoms with E-state index in [1.807, 2.05) is 0 Å². The average molecular weight is 299 g/mol. The van der Waals surface area contributed by atoms with E-state index in [2.05, 4.69) is 81.4 Å². The van der Waals surface area contributed by atoms with Crippen molar-refractivity contribution in [2.45, 2.75) is 38.4 Å². The third kappa shape index (κ3) is 2.65. The van der Waals surface area contributed by atoms with Gasteiger partial charge in [0.25, 0.3) is 0 Å². The van der Waals surface area contributed by atoms with Gasteiger partial charge in [0.05, 0.1) is 31.0 Å². The molecule has 1 aliphatic heterocycles. The summed E-state index contributed by atoms with van der Waals surface area (Å²) in [6.07, 6.45) is 2.66. The summed E-state index contributed by atoms with van der Waals surface area (Å²) in [4.78, 5) is 0. The van der Waals surface area contributed by atoms with Crippen molar-refractivity contribution >= 4 is 12.6 Å². The summed E-state index contributed by atoms with van der Waals surface area (Å²) in [6.45, 7) is 6.80. The van der Waals surface area contributed by atoms with Crippen LogP contribution in [0.3, 0.4) is 0 Å². The first-order valence-corrected chi connectivity index (χ1v) is 9.84. The minimum atomic E-state index is -1.40. The van der Waals surface area contributed by atoms with Gasteiger partial charge < -0.3 is 4.74 Å². The van der Waals surface area contributed by atoms with Crippen LogP contribution in [0.4, 0.5) is 0 Å². The number of hydrogen-bond donors (Lipinski definition) is 0.